The third kappa shape index (κ3) is 13.2. The quantitative estimate of drug-likeness (QED) is 0.130. The molecule has 3 aliphatic rings. The van der Waals surface area contributed by atoms with Crippen LogP contribution in [0.15, 0.2) is 12.1 Å². The molecule has 0 unspecified atom stereocenters. The summed E-state index contributed by atoms with van der Waals surface area (Å²) >= 11 is 0. The van der Waals surface area contributed by atoms with Crippen molar-refractivity contribution in [3.63, 3.8) is 0 Å². The van der Waals surface area contributed by atoms with Crippen LogP contribution in [0, 0.1) is 19.8 Å². The Morgan fingerprint density at radius 1 is 0.923 bits per heavy atom. The lowest BCUT2D eigenvalue weighted by Gasteiger charge is -2.51. The highest BCUT2D eigenvalue weighted by molar-refractivity contribution is 5.95. The average molecular weight is 919 g/mol. The fourth-order valence-electron chi connectivity index (χ4n) is 9.36. The number of rotatable bonds is 15. The van der Waals surface area contributed by atoms with Crippen LogP contribution in [-0.2, 0) is 57.2 Å². The van der Waals surface area contributed by atoms with E-state index < -0.39 is 101 Å². The van der Waals surface area contributed by atoms with E-state index in [1.54, 1.807) is 39.5 Å². The van der Waals surface area contributed by atoms with Gasteiger partial charge in [-0.05, 0) is 77.3 Å². The van der Waals surface area contributed by atoms with Crippen LogP contribution in [0.5, 0.6) is 5.75 Å². The third-order valence-corrected chi connectivity index (χ3v) is 11.9. The maximum Gasteiger partial charge on any atom is 0.410 e. The van der Waals surface area contributed by atoms with E-state index in [0.717, 1.165) is 40.7 Å². The summed E-state index contributed by atoms with van der Waals surface area (Å²) in [5.41, 5.74) is -2.33. The predicted molar refractivity (Wildman–Crippen MR) is 229 cm³/mol. The number of methoxy groups -OCH3 is 1. The molecule has 20 nitrogen and oxygen atoms in total. The number of carbonyl (C=O) groups is 8. The Morgan fingerprint density at radius 2 is 1.57 bits per heavy atom. The first-order valence-corrected chi connectivity index (χ1v) is 21.8. The maximum atomic E-state index is 14.3. The van der Waals surface area contributed by atoms with Crippen molar-refractivity contribution in [3.05, 3.63) is 28.8 Å². The van der Waals surface area contributed by atoms with Crippen molar-refractivity contribution in [3.8, 4) is 5.75 Å². The van der Waals surface area contributed by atoms with Crippen molar-refractivity contribution in [2.45, 2.75) is 149 Å². The number of nitrogens with zero attached hydrogens (tertiary/aromatic N) is 2. The zero-order chi connectivity index (χ0) is 48.6. The van der Waals surface area contributed by atoms with Gasteiger partial charge in [-0.2, -0.15) is 0 Å². The number of likely N-dealkylation sites (tertiary alicyclic amines) is 2. The number of aliphatic hydroxyl groups is 1. The molecule has 3 aliphatic heterocycles. The summed E-state index contributed by atoms with van der Waals surface area (Å²) in [6.07, 6.45) is -4.95. The Morgan fingerprint density at radius 3 is 2.11 bits per heavy atom. The summed E-state index contributed by atoms with van der Waals surface area (Å²) in [4.78, 5) is 108. The van der Waals surface area contributed by atoms with Crippen LogP contribution in [0.2, 0.25) is 0 Å². The number of aliphatic hydroxyl groups excluding tert-OH is 1. The minimum absolute atomic E-state index is 0.128. The van der Waals surface area contributed by atoms with Gasteiger partial charge in [0.25, 0.3) is 5.91 Å². The molecule has 0 aromatic heterocycles. The second-order valence-electron chi connectivity index (χ2n) is 18.1. The van der Waals surface area contributed by atoms with Crippen LogP contribution in [0.1, 0.15) is 109 Å². The first-order chi connectivity index (χ1) is 30.3. The fourth-order valence-corrected chi connectivity index (χ4v) is 9.36. The first kappa shape index (κ1) is 52.3. The smallest absolute Gasteiger partial charge is 0.410 e. The van der Waals surface area contributed by atoms with E-state index in [1.807, 2.05) is 0 Å². The van der Waals surface area contributed by atoms with Gasteiger partial charge in [0, 0.05) is 90.7 Å². The molecule has 20 heteroatoms. The third-order valence-electron chi connectivity index (χ3n) is 11.9. The van der Waals surface area contributed by atoms with Crippen LogP contribution < -0.4 is 15.4 Å². The lowest BCUT2D eigenvalue weighted by Crippen LogP contribution is -2.69. The molecule has 362 valence electrons. The SMILES string of the molecule is COC(=O)[C@@]1(CCN2CCCC[C@]23CN(C(=O)OC(C)(C)C)C[C@@H]3CO)C[C@H](OC(C)=O)[C@@H](NC(C)=O)[C@H]([C@H](OC(C)=O)[C@@H](CNC(=O)c2cc(C)c(OC(C)=O)c(C)c2)OC(C)=O)O1. The van der Waals surface area contributed by atoms with Gasteiger partial charge in [-0.25, -0.2) is 9.59 Å². The molecular formula is C45H66N4O16. The van der Waals surface area contributed by atoms with Gasteiger partial charge in [-0.1, -0.05) is 6.42 Å². The van der Waals surface area contributed by atoms with Gasteiger partial charge in [-0.15, -0.1) is 0 Å². The standard InChI is InChI=1S/C45H66N4O16/c1-25-18-32(19-26(2)37(25)62-30(6)54)40(56)46-21-35(61-29(5)53)38(63-31(7)55)39-36(47-27(3)51)34(60-28(4)52)20-45(64-39,41(57)59-11)15-17-49-16-13-12-14-44(49)24-48(22-33(44)23-50)42(58)65-43(8,9)10/h18-19,33-36,38-39,50H,12-17,20-24H2,1-11H3,(H,46,56)(H,47,51)/t33-,34+,35-,36-,38-,39-,44-,45-/m1/s1. The van der Waals surface area contributed by atoms with E-state index >= 15 is 0 Å². The minimum atomic E-state index is -1.98. The normalized spacial score (nSPS) is 25.4. The summed E-state index contributed by atoms with van der Waals surface area (Å²) in [7, 11) is 1.14. The molecule has 1 aromatic carbocycles. The van der Waals surface area contributed by atoms with Crippen molar-refractivity contribution in [2.24, 2.45) is 5.92 Å². The monoisotopic (exact) mass is 918 g/mol. The van der Waals surface area contributed by atoms with Crippen LogP contribution >= 0.6 is 0 Å². The molecule has 0 bridgehead atoms. The Labute approximate surface area is 379 Å². The van der Waals surface area contributed by atoms with Crippen molar-refractivity contribution < 1.29 is 76.6 Å². The number of ether oxygens (including phenoxy) is 7. The fraction of sp³-hybridized carbons (Fsp3) is 0.689. The highest BCUT2D eigenvalue weighted by atomic mass is 16.6. The van der Waals surface area contributed by atoms with Crippen LogP contribution in [-0.4, -0.2) is 156 Å². The summed E-state index contributed by atoms with van der Waals surface area (Å²) in [6, 6.07) is 1.65. The molecule has 3 heterocycles. The topological polar surface area (TPSA) is 252 Å². The summed E-state index contributed by atoms with van der Waals surface area (Å²) < 4.78 is 40.5. The molecule has 4 rings (SSSR count). The van der Waals surface area contributed by atoms with E-state index in [1.165, 1.54) is 26.0 Å². The molecule has 3 saturated heterocycles. The number of nitrogens with one attached hydrogen (secondary N) is 2. The van der Waals surface area contributed by atoms with Crippen molar-refractivity contribution in [1.82, 2.24) is 20.4 Å². The molecular weight excluding hydrogens is 853 g/mol. The van der Waals surface area contributed by atoms with E-state index in [-0.39, 0.29) is 56.3 Å². The van der Waals surface area contributed by atoms with Gasteiger partial charge in [0.05, 0.1) is 19.7 Å². The zero-order valence-corrected chi connectivity index (χ0v) is 39.4. The van der Waals surface area contributed by atoms with Crippen LogP contribution in [0.4, 0.5) is 4.79 Å². The molecule has 0 radical (unpaired) electrons. The average Bonchev–Trinajstić information content (AvgIpc) is 3.57. The lowest BCUT2D eigenvalue weighted by atomic mass is 9.77. The number of carbonyl (C=O) groups excluding carboxylic acids is 8. The van der Waals surface area contributed by atoms with Gasteiger partial charge in [0.15, 0.2) is 17.8 Å². The van der Waals surface area contributed by atoms with Gasteiger partial charge >= 0.3 is 35.9 Å². The second-order valence-corrected chi connectivity index (χ2v) is 18.1. The van der Waals surface area contributed by atoms with Crippen molar-refractivity contribution in [2.75, 3.05) is 46.4 Å². The molecule has 3 N–H and O–H groups in total. The molecule has 65 heavy (non-hydrogen) atoms. The van der Waals surface area contributed by atoms with Crippen molar-refractivity contribution in [1.29, 1.82) is 0 Å². The van der Waals surface area contributed by atoms with E-state index in [9.17, 15) is 43.5 Å². The molecule has 3 amide bonds. The van der Waals surface area contributed by atoms with Crippen molar-refractivity contribution >= 4 is 47.8 Å². The van der Waals surface area contributed by atoms with E-state index in [0.29, 0.717) is 24.1 Å². The zero-order valence-electron chi connectivity index (χ0n) is 39.4. The Kier molecular flexibility index (Phi) is 17.5. The molecule has 3 fully saturated rings. The van der Waals surface area contributed by atoms with Gasteiger partial charge < -0.3 is 53.8 Å². The van der Waals surface area contributed by atoms with Crippen LogP contribution in [0.3, 0.4) is 0 Å². The first-order valence-electron chi connectivity index (χ1n) is 21.8. The predicted octanol–water partition coefficient (Wildman–Crippen LogP) is 2.43. The number of hydrogen-bond acceptors (Lipinski definition) is 17. The van der Waals surface area contributed by atoms with Gasteiger partial charge in [0.2, 0.25) is 5.91 Å². The molecule has 0 saturated carbocycles. The number of piperidine rings is 1. The Hall–Kier alpha value is -5.34. The minimum Gasteiger partial charge on any atom is -0.467 e. The Bertz CT molecular complexity index is 1950. The number of esters is 5. The number of amides is 3. The molecule has 8 atom stereocenters. The summed E-state index contributed by atoms with van der Waals surface area (Å²) in [6.45, 7) is 14.8. The maximum absolute atomic E-state index is 14.3. The summed E-state index contributed by atoms with van der Waals surface area (Å²) in [5, 5.41) is 16.1. The van der Waals surface area contributed by atoms with E-state index in [2.05, 4.69) is 15.5 Å². The molecule has 1 spiro atoms. The van der Waals surface area contributed by atoms with Gasteiger partial charge in [0.1, 0.15) is 23.6 Å². The van der Waals surface area contributed by atoms with Crippen LogP contribution in [0.25, 0.3) is 0 Å². The number of benzene rings is 1. The second kappa shape index (κ2) is 21.8. The number of aryl methyl sites for hydroxylation is 2. The highest BCUT2D eigenvalue weighted by Gasteiger charge is 2.59. The highest BCUT2D eigenvalue weighted by Crippen LogP contribution is 2.44. The largest absolute Gasteiger partial charge is 0.467 e. The molecule has 0 aliphatic carbocycles. The summed E-state index contributed by atoms with van der Waals surface area (Å²) in [5.74, 6) is -5.33. The molecule has 1 aromatic rings. The Balaban J connectivity index is 1.78. The van der Waals surface area contributed by atoms with Gasteiger partial charge in [-0.3, -0.25) is 33.7 Å². The lowest BCUT2D eigenvalue weighted by molar-refractivity contribution is -0.242. The number of hydrogen-bond donors (Lipinski definition) is 3. The van der Waals surface area contributed by atoms with E-state index in [4.69, 9.17) is 33.2 Å².